The lowest BCUT2D eigenvalue weighted by Crippen LogP contribution is -2.22. The minimum Gasteiger partial charge on any atom is -0.348 e. The second kappa shape index (κ2) is 6.03. The lowest BCUT2D eigenvalue weighted by Gasteiger charge is -2.06. The first-order chi connectivity index (χ1) is 8.66. The summed E-state index contributed by atoms with van der Waals surface area (Å²) in [6, 6.07) is 14.8. The molecular formula is C14H11BrClNO. The number of hydrogen-bond donors (Lipinski definition) is 1. The summed E-state index contributed by atoms with van der Waals surface area (Å²) in [4.78, 5) is 11.9. The zero-order valence-corrected chi connectivity index (χ0v) is 11.8. The maximum Gasteiger partial charge on any atom is 0.253 e. The molecule has 0 heterocycles. The van der Waals surface area contributed by atoms with Crippen molar-refractivity contribution >= 4 is 33.4 Å². The molecule has 18 heavy (non-hydrogen) atoms. The molecule has 0 radical (unpaired) electrons. The Bertz CT molecular complexity index is 554. The van der Waals surface area contributed by atoms with Crippen LogP contribution < -0.4 is 5.32 Å². The SMILES string of the molecule is O=C(NCc1ccc(Br)cc1)c1ccccc1Cl. The predicted octanol–water partition coefficient (Wildman–Crippen LogP) is 4.03. The van der Waals surface area contributed by atoms with Gasteiger partial charge in [0, 0.05) is 11.0 Å². The zero-order valence-electron chi connectivity index (χ0n) is 9.49. The molecule has 0 saturated heterocycles. The molecule has 1 amide bonds. The van der Waals surface area contributed by atoms with Gasteiger partial charge in [0.05, 0.1) is 10.6 Å². The van der Waals surface area contributed by atoms with Crippen molar-refractivity contribution in [3.63, 3.8) is 0 Å². The van der Waals surface area contributed by atoms with Crippen LogP contribution in [0.4, 0.5) is 0 Å². The third-order valence-corrected chi connectivity index (χ3v) is 3.34. The van der Waals surface area contributed by atoms with Gasteiger partial charge >= 0.3 is 0 Å². The van der Waals surface area contributed by atoms with Crippen LogP contribution in [-0.2, 0) is 6.54 Å². The summed E-state index contributed by atoms with van der Waals surface area (Å²) < 4.78 is 1.02. The van der Waals surface area contributed by atoms with Crippen molar-refractivity contribution in [2.75, 3.05) is 0 Å². The first kappa shape index (κ1) is 13.1. The number of benzene rings is 2. The van der Waals surface area contributed by atoms with E-state index in [4.69, 9.17) is 11.6 Å². The van der Waals surface area contributed by atoms with Crippen LogP contribution in [0.3, 0.4) is 0 Å². The number of hydrogen-bond acceptors (Lipinski definition) is 1. The predicted molar refractivity (Wildman–Crippen MR) is 76.8 cm³/mol. The molecule has 92 valence electrons. The summed E-state index contributed by atoms with van der Waals surface area (Å²) in [7, 11) is 0. The molecule has 0 aliphatic rings. The average Bonchev–Trinajstić information content (AvgIpc) is 2.38. The summed E-state index contributed by atoms with van der Waals surface area (Å²) in [5, 5.41) is 3.30. The fourth-order valence-electron chi connectivity index (χ4n) is 1.53. The highest BCUT2D eigenvalue weighted by atomic mass is 79.9. The molecule has 0 fully saturated rings. The molecule has 2 aromatic rings. The fourth-order valence-corrected chi connectivity index (χ4v) is 2.01. The van der Waals surface area contributed by atoms with Gasteiger partial charge in [-0.3, -0.25) is 4.79 Å². The lowest BCUT2D eigenvalue weighted by atomic mass is 10.2. The van der Waals surface area contributed by atoms with Gasteiger partial charge in [-0.05, 0) is 29.8 Å². The molecular weight excluding hydrogens is 314 g/mol. The first-order valence-corrected chi connectivity index (χ1v) is 6.61. The van der Waals surface area contributed by atoms with E-state index in [1.165, 1.54) is 0 Å². The Balaban J connectivity index is 2.01. The summed E-state index contributed by atoms with van der Waals surface area (Å²) >= 11 is 9.32. The number of rotatable bonds is 3. The Hall–Kier alpha value is -1.32. The van der Waals surface area contributed by atoms with Crippen LogP contribution in [0, 0.1) is 0 Å². The Morgan fingerprint density at radius 2 is 1.78 bits per heavy atom. The van der Waals surface area contributed by atoms with Gasteiger partial charge in [-0.25, -0.2) is 0 Å². The number of halogens is 2. The van der Waals surface area contributed by atoms with Crippen molar-refractivity contribution in [1.82, 2.24) is 5.32 Å². The standard InChI is InChI=1S/C14H11BrClNO/c15-11-7-5-10(6-8-11)9-17-14(18)12-3-1-2-4-13(12)16/h1-8H,9H2,(H,17,18). The largest absolute Gasteiger partial charge is 0.348 e. The summed E-state index contributed by atoms with van der Waals surface area (Å²) in [6.07, 6.45) is 0. The quantitative estimate of drug-likeness (QED) is 0.907. The third kappa shape index (κ3) is 3.34. The Kier molecular flexibility index (Phi) is 4.39. The van der Waals surface area contributed by atoms with Gasteiger partial charge < -0.3 is 5.32 Å². The van der Waals surface area contributed by atoms with Crippen LogP contribution in [0.5, 0.6) is 0 Å². The van der Waals surface area contributed by atoms with Crippen LogP contribution in [0.25, 0.3) is 0 Å². The smallest absolute Gasteiger partial charge is 0.253 e. The summed E-state index contributed by atoms with van der Waals surface area (Å²) in [6.45, 7) is 0.483. The molecule has 2 rings (SSSR count). The van der Waals surface area contributed by atoms with Gasteiger partial charge in [-0.2, -0.15) is 0 Å². The molecule has 0 aliphatic heterocycles. The normalized spacial score (nSPS) is 10.1. The Labute approximate surface area is 119 Å². The average molecular weight is 325 g/mol. The van der Waals surface area contributed by atoms with E-state index in [9.17, 15) is 4.79 Å². The van der Waals surface area contributed by atoms with Crippen molar-refractivity contribution in [2.45, 2.75) is 6.54 Å². The van der Waals surface area contributed by atoms with Crippen molar-refractivity contribution < 1.29 is 4.79 Å². The number of nitrogens with one attached hydrogen (secondary N) is 1. The first-order valence-electron chi connectivity index (χ1n) is 5.44. The summed E-state index contributed by atoms with van der Waals surface area (Å²) in [5.74, 6) is -0.163. The topological polar surface area (TPSA) is 29.1 Å². The highest BCUT2D eigenvalue weighted by Gasteiger charge is 2.08. The fraction of sp³-hybridized carbons (Fsp3) is 0.0714. The molecule has 0 spiro atoms. The number of amides is 1. The number of carbonyl (C=O) groups is 1. The third-order valence-electron chi connectivity index (χ3n) is 2.48. The maximum atomic E-state index is 11.9. The molecule has 0 unspecified atom stereocenters. The molecule has 0 atom stereocenters. The van der Waals surface area contributed by atoms with Gasteiger partial charge in [0.25, 0.3) is 5.91 Å². The number of carbonyl (C=O) groups excluding carboxylic acids is 1. The van der Waals surface area contributed by atoms with Gasteiger partial charge in [0.1, 0.15) is 0 Å². The molecule has 2 nitrogen and oxygen atoms in total. The van der Waals surface area contributed by atoms with Gasteiger partial charge in [0.15, 0.2) is 0 Å². The van der Waals surface area contributed by atoms with E-state index in [-0.39, 0.29) is 5.91 Å². The minimum atomic E-state index is -0.163. The van der Waals surface area contributed by atoms with E-state index in [1.807, 2.05) is 24.3 Å². The van der Waals surface area contributed by atoms with Crippen molar-refractivity contribution in [2.24, 2.45) is 0 Å². The molecule has 0 saturated carbocycles. The van der Waals surface area contributed by atoms with E-state index in [2.05, 4.69) is 21.2 Å². The van der Waals surface area contributed by atoms with Gasteiger partial charge in [-0.15, -0.1) is 0 Å². The van der Waals surface area contributed by atoms with Crippen molar-refractivity contribution in [1.29, 1.82) is 0 Å². The highest BCUT2D eigenvalue weighted by Crippen LogP contribution is 2.15. The van der Waals surface area contributed by atoms with E-state index in [0.29, 0.717) is 17.1 Å². The summed E-state index contributed by atoms with van der Waals surface area (Å²) in [5.41, 5.74) is 1.54. The molecule has 0 bridgehead atoms. The molecule has 4 heteroatoms. The highest BCUT2D eigenvalue weighted by molar-refractivity contribution is 9.10. The van der Waals surface area contributed by atoms with Gasteiger partial charge in [0.2, 0.25) is 0 Å². The van der Waals surface area contributed by atoms with Crippen LogP contribution in [0.2, 0.25) is 5.02 Å². The molecule has 1 N–H and O–H groups in total. The van der Waals surface area contributed by atoms with E-state index >= 15 is 0 Å². The van der Waals surface area contributed by atoms with E-state index < -0.39 is 0 Å². The van der Waals surface area contributed by atoms with Crippen molar-refractivity contribution in [3.05, 3.63) is 69.2 Å². The minimum absolute atomic E-state index is 0.163. The zero-order chi connectivity index (χ0) is 13.0. The molecule has 0 aromatic heterocycles. The van der Waals surface area contributed by atoms with Crippen molar-refractivity contribution in [3.8, 4) is 0 Å². The van der Waals surface area contributed by atoms with Gasteiger partial charge in [-0.1, -0.05) is 51.8 Å². The molecule has 2 aromatic carbocycles. The van der Waals surface area contributed by atoms with E-state index in [0.717, 1.165) is 10.0 Å². The molecule has 0 aliphatic carbocycles. The monoisotopic (exact) mass is 323 g/mol. The Morgan fingerprint density at radius 1 is 1.11 bits per heavy atom. The lowest BCUT2D eigenvalue weighted by molar-refractivity contribution is 0.0951. The van der Waals surface area contributed by atoms with Crippen LogP contribution >= 0.6 is 27.5 Å². The van der Waals surface area contributed by atoms with Crippen LogP contribution in [-0.4, -0.2) is 5.91 Å². The second-order valence-corrected chi connectivity index (χ2v) is 5.11. The van der Waals surface area contributed by atoms with E-state index in [1.54, 1.807) is 24.3 Å². The van der Waals surface area contributed by atoms with Crippen LogP contribution in [0.15, 0.2) is 53.0 Å². The second-order valence-electron chi connectivity index (χ2n) is 3.79. The van der Waals surface area contributed by atoms with Crippen LogP contribution in [0.1, 0.15) is 15.9 Å². The maximum absolute atomic E-state index is 11.9. The Morgan fingerprint density at radius 3 is 2.44 bits per heavy atom.